The first-order valence-electron chi connectivity index (χ1n) is 7.49. The number of hydrogen-bond acceptors (Lipinski definition) is 2. The molecule has 0 amide bonds. The monoisotopic (exact) mass is 276 g/mol. The van der Waals surface area contributed by atoms with E-state index in [1.807, 2.05) is 6.07 Å². The lowest BCUT2D eigenvalue weighted by molar-refractivity contribution is -0.140. The summed E-state index contributed by atoms with van der Waals surface area (Å²) >= 11 is 0. The van der Waals surface area contributed by atoms with Gasteiger partial charge in [0.1, 0.15) is 5.92 Å². The smallest absolute Gasteiger partial charge is 0.314 e. The fourth-order valence-electron chi connectivity index (χ4n) is 2.30. The summed E-state index contributed by atoms with van der Waals surface area (Å²) in [5, 5.41) is 9.22. The number of ketones is 1. The van der Waals surface area contributed by atoms with Gasteiger partial charge in [-0.1, -0.05) is 75.8 Å². The van der Waals surface area contributed by atoms with Crippen molar-refractivity contribution >= 4 is 11.8 Å². The Kier molecular flexibility index (Phi) is 7.63. The topological polar surface area (TPSA) is 54.4 Å². The van der Waals surface area contributed by atoms with Crippen molar-refractivity contribution < 1.29 is 14.7 Å². The first-order valence-corrected chi connectivity index (χ1v) is 7.49. The molecule has 20 heavy (non-hydrogen) atoms. The lowest BCUT2D eigenvalue weighted by Gasteiger charge is -2.11. The van der Waals surface area contributed by atoms with Gasteiger partial charge in [0.05, 0.1) is 0 Å². The number of benzene rings is 1. The maximum Gasteiger partial charge on any atom is 0.314 e. The molecule has 0 aliphatic heterocycles. The minimum Gasteiger partial charge on any atom is -0.481 e. The summed E-state index contributed by atoms with van der Waals surface area (Å²) < 4.78 is 0. The first kappa shape index (κ1) is 16.4. The van der Waals surface area contributed by atoms with Crippen molar-refractivity contribution in [2.45, 2.75) is 51.9 Å². The maximum absolute atomic E-state index is 12.2. The summed E-state index contributed by atoms with van der Waals surface area (Å²) in [6, 6.07) is 8.70. The highest BCUT2D eigenvalue weighted by Crippen LogP contribution is 2.17. The molecule has 110 valence electrons. The number of carbonyl (C=O) groups is 2. The normalized spacial score (nSPS) is 12.1. The van der Waals surface area contributed by atoms with E-state index in [1.54, 1.807) is 24.3 Å². The van der Waals surface area contributed by atoms with Crippen molar-refractivity contribution in [3.8, 4) is 0 Å². The molecule has 0 fully saturated rings. The quantitative estimate of drug-likeness (QED) is 0.393. The second kappa shape index (κ2) is 9.29. The molecule has 1 aromatic carbocycles. The summed E-state index contributed by atoms with van der Waals surface area (Å²) in [4.78, 5) is 23.4. The van der Waals surface area contributed by atoms with Crippen LogP contribution in [0.4, 0.5) is 0 Å². The Bertz CT molecular complexity index is 412. The number of carboxylic acid groups (broad SMARTS) is 1. The van der Waals surface area contributed by atoms with Crippen LogP contribution in [0.5, 0.6) is 0 Å². The summed E-state index contributed by atoms with van der Waals surface area (Å²) in [6.07, 6.45) is 7.00. The summed E-state index contributed by atoms with van der Waals surface area (Å²) in [5.74, 6) is -2.18. The van der Waals surface area contributed by atoms with E-state index in [0.717, 1.165) is 19.3 Å². The number of aliphatic carboxylic acids is 1. The molecule has 0 heterocycles. The molecule has 0 radical (unpaired) electrons. The van der Waals surface area contributed by atoms with Gasteiger partial charge in [0, 0.05) is 5.56 Å². The van der Waals surface area contributed by atoms with Crippen molar-refractivity contribution in [1.29, 1.82) is 0 Å². The summed E-state index contributed by atoms with van der Waals surface area (Å²) in [6.45, 7) is 2.17. The standard InChI is InChI=1S/C17H24O3/c1-2-3-4-5-6-10-13-15(17(19)20)16(18)14-11-8-7-9-12-14/h7-9,11-12,15H,2-6,10,13H2,1H3,(H,19,20). The molecule has 0 saturated heterocycles. The Balaban J connectivity index is 2.45. The van der Waals surface area contributed by atoms with Gasteiger partial charge in [-0.15, -0.1) is 0 Å². The van der Waals surface area contributed by atoms with E-state index in [4.69, 9.17) is 0 Å². The summed E-state index contributed by atoms with van der Waals surface area (Å²) in [5.41, 5.74) is 0.492. The second-order valence-corrected chi connectivity index (χ2v) is 5.18. The predicted octanol–water partition coefficient (Wildman–Crippen LogP) is 4.32. The third-order valence-corrected chi connectivity index (χ3v) is 3.52. The van der Waals surface area contributed by atoms with E-state index in [2.05, 4.69) is 6.92 Å². The Morgan fingerprint density at radius 1 is 1.00 bits per heavy atom. The number of hydrogen-bond donors (Lipinski definition) is 1. The predicted molar refractivity (Wildman–Crippen MR) is 79.9 cm³/mol. The lowest BCUT2D eigenvalue weighted by Crippen LogP contribution is -2.23. The van der Waals surface area contributed by atoms with Crippen molar-refractivity contribution in [3.05, 3.63) is 35.9 Å². The molecule has 0 bridgehead atoms. The van der Waals surface area contributed by atoms with Crippen LogP contribution in [0.1, 0.15) is 62.2 Å². The third kappa shape index (κ3) is 5.55. The molecule has 1 aromatic rings. The average Bonchev–Trinajstić information content (AvgIpc) is 2.46. The van der Waals surface area contributed by atoms with Gasteiger partial charge in [0.2, 0.25) is 0 Å². The van der Waals surface area contributed by atoms with E-state index in [-0.39, 0.29) is 5.78 Å². The average molecular weight is 276 g/mol. The van der Waals surface area contributed by atoms with Crippen LogP contribution in [0.15, 0.2) is 30.3 Å². The number of carbonyl (C=O) groups excluding carboxylic acids is 1. The number of Topliss-reactive ketones (excluding diaryl/α,β-unsaturated/α-hetero) is 1. The molecule has 0 spiro atoms. The van der Waals surface area contributed by atoms with Gasteiger partial charge in [-0.3, -0.25) is 9.59 Å². The second-order valence-electron chi connectivity index (χ2n) is 5.18. The van der Waals surface area contributed by atoms with Crippen LogP contribution in [-0.2, 0) is 4.79 Å². The van der Waals surface area contributed by atoms with E-state index in [0.29, 0.717) is 12.0 Å². The fraction of sp³-hybridized carbons (Fsp3) is 0.529. The molecule has 1 N–H and O–H groups in total. The molecule has 1 atom stereocenters. The van der Waals surface area contributed by atoms with Gasteiger partial charge >= 0.3 is 5.97 Å². The van der Waals surface area contributed by atoms with Gasteiger partial charge in [-0.25, -0.2) is 0 Å². The fourth-order valence-corrected chi connectivity index (χ4v) is 2.30. The van der Waals surface area contributed by atoms with Crippen LogP contribution in [0, 0.1) is 5.92 Å². The molecule has 1 rings (SSSR count). The Labute approximate surface area is 121 Å². The molecule has 3 heteroatoms. The van der Waals surface area contributed by atoms with Gasteiger partial charge in [0.15, 0.2) is 5.78 Å². The van der Waals surface area contributed by atoms with Gasteiger partial charge in [-0.05, 0) is 6.42 Å². The molecule has 0 aliphatic rings. The Hall–Kier alpha value is -1.64. The molecular weight excluding hydrogens is 252 g/mol. The lowest BCUT2D eigenvalue weighted by atomic mass is 9.92. The van der Waals surface area contributed by atoms with Gasteiger partial charge in [-0.2, -0.15) is 0 Å². The van der Waals surface area contributed by atoms with Crippen LogP contribution < -0.4 is 0 Å². The number of unbranched alkanes of at least 4 members (excludes halogenated alkanes) is 5. The molecule has 0 aromatic heterocycles. The zero-order valence-corrected chi connectivity index (χ0v) is 12.2. The van der Waals surface area contributed by atoms with Crippen LogP contribution in [-0.4, -0.2) is 16.9 Å². The van der Waals surface area contributed by atoms with Gasteiger partial charge in [0.25, 0.3) is 0 Å². The molecular formula is C17H24O3. The third-order valence-electron chi connectivity index (χ3n) is 3.52. The van der Waals surface area contributed by atoms with Gasteiger partial charge < -0.3 is 5.11 Å². The first-order chi connectivity index (χ1) is 9.66. The molecule has 1 unspecified atom stereocenters. The van der Waals surface area contributed by atoms with Crippen LogP contribution >= 0.6 is 0 Å². The molecule has 0 saturated carbocycles. The minimum absolute atomic E-state index is 0.272. The van der Waals surface area contributed by atoms with Crippen LogP contribution in [0.3, 0.4) is 0 Å². The number of carboxylic acids is 1. The van der Waals surface area contributed by atoms with E-state index >= 15 is 0 Å². The van der Waals surface area contributed by atoms with Crippen LogP contribution in [0.2, 0.25) is 0 Å². The van der Waals surface area contributed by atoms with E-state index < -0.39 is 11.9 Å². The zero-order valence-electron chi connectivity index (χ0n) is 12.2. The Morgan fingerprint density at radius 3 is 2.20 bits per heavy atom. The molecule has 3 nitrogen and oxygen atoms in total. The van der Waals surface area contributed by atoms with Crippen molar-refractivity contribution in [3.63, 3.8) is 0 Å². The van der Waals surface area contributed by atoms with Crippen molar-refractivity contribution in [2.75, 3.05) is 0 Å². The highest BCUT2D eigenvalue weighted by atomic mass is 16.4. The summed E-state index contributed by atoms with van der Waals surface area (Å²) in [7, 11) is 0. The van der Waals surface area contributed by atoms with E-state index in [1.165, 1.54) is 19.3 Å². The zero-order chi connectivity index (χ0) is 14.8. The van der Waals surface area contributed by atoms with Crippen molar-refractivity contribution in [2.24, 2.45) is 5.92 Å². The minimum atomic E-state index is -1.01. The largest absolute Gasteiger partial charge is 0.481 e. The van der Waals surface area contributed by atoms with Crippen molar-refractivity contribution in [1.82, 2.24) is 0 Å². The highest BCUT2D eigenvalue weighted by Gasteiger charge is 2.26. The Morgan fingerprint density at radius 2 is 1.60 bits per heavy atom. The van der Waals surface area contributed by atoms with E-state index in [9.17, 15) is 14.7 Å². The maximum atomic E-state index is 12.2. The highest BCUT2D eigenvalue weighted by molar-refractivity contribution is 6.08. The number of rotatable bonds is 10. The SMILES string of the molecule is CCCCCCCCC(C(=O)O)C(=O)c1ccccc1. The molecule has 0 aliphatic carbocycles. The van der Waals surface area contributed by atoms with Crippen LogP contribution in [0.25, 0.3) is 0 Å².